The summed E-state index contributed by atoms with van der Waals surface area (Å²) in [6.45, 7) is 4.70. The van der Waals surface area contributed by atoms with Gasteiger partial charge in [0.25, 0.3) is 0 Å². The minimum absolute atomic E-state index is 0.0566. The average Bonchev–Trinajstić information content (AvgIpc) is 3.88. The summed E-state index contributed by atoms with van der Waals surface area (Å²) in [5.41, 5.74) is 22.4. The lowest BCUT2D eigenvalue weighted by molar-refractivity contribution is 0.660. The predicted octanol–water partition coefficient (Wildman–Crippen LogP) is 14.9. The molecule has 0 radical (unpaired) electrons. The zero-order valence-electron chi connectivity index (χ0n) is 33.5. The van der Waals surface area contributed by atoms with Crippen molar-refractivity contribution in [3.63, 3.8) is 0 Å². The van der Waals surface area contributed by atoms with E-state index in [-0.39, 0.29) is 5.41 Å². The van der Waals surface area contributed by atoms with Crippen LogP contribution in [0.1, 0.15) is 47.2 Å². The highest BCUT2D eigenvalue weighted by Gasteiger charge is 2.50. The van der Waals surface area contributed by atoms with Crippen LogP contribution in [0.3, 0.4) is 0 Å². The van der Waals surface area contributed by atoms with Crippen LogP contribution in [0.15, 0.2) is 206 Å². The molecule has 282 valence electrons. The van der Waals surface area contributed by atoms with E-state index in [0.29, 0.717) is 0 Å². The largest absolute Gasteiger partial charge is 0.310 e. The van der Waals surface area contributed by atoms with Crippen molar-refractivity contribution in [3.8, 4) is 39.1 Å². The Hall–Kier alpha value is -7.42. The molecule has 2 aliphatic carbocycles. The molecular weight excluding hydrogens is 725 g/mol. The fraction of sp³-hybridized carbons (Fsp3) is 0.0690. The van der Waals surface area contributed by atoms with Gasteiger partial charge in [0.05, 0.1) is 27.8 Å². The maximum Gasteiger partial charge on any atom is 0.0754 e. The number of rotatable bonds is 4. The molecule has 0 saturated carbocycles. The molecule has 0 fully saturated rings. The van der Waals surface area contributed by atoms with Crippen LogP contribution < -0.4 is 4.90 Å². The molecule has 1 aromatic heterocycles. The van der Waals surface area contributed by atoms with Crippen molar-refractivity contribution in [2.45, 2.75) is 24.7 Å². The second-order valence-corrected chi connectivity index (χ2v) is 17.2. The Labute approximate surface area is 350 Å². The van der Waals surface area contributed by atoms with E-state index in [4.69, 9.17) is 0 Å². The van der Waals surface area contributed by atoms with Crippen molar-refractivity contribution < 1.29 is 0 Å². The average molecular weight is 765 g/mol. The Morgan fingerprint density at radius 3 is 1.82 bits per heavy atom. The topological polar surface area (TPSA) is 8.17 Å². The van der Waals surface area contributed by atoms with Gasteiger partial charge in [-0.25, -0.2) is 0 Å². The van der Waals surface area contributed by atoms with E-state index in [1.165, 1.54) is 94.3 Å². The molecule has 10 aromatic rings. The van der Waals surface area contributed by atoms with Crippen molar-refractivity contribution in [1.82, 2.24) is 4.57 Å². The molecule has 0 saturated heterocycles. The number of hydrogen-bond acceptors (Lipinski definition) is 1. The van der Waals surface area contributed by atoms with E-state index in [0.717, 1.165) is 17.1 Å². The summed E-state index contributed by atoms with van der Waals surface area (Å²) >= 11 is 0. The molecule has 0 bridgehead atoms. The Morgan fingerprint density at radius 2 is 0.967 bits per heavy atom. The highest BCUT2D eigenvalue weighted by atomic mass is 15.1. The molecule has 2 heterocycles. The number of para-hydroxylation sites is 5. The molecule has 2 nitrogen and oxygen atoms in total. The third-order valence-corrected chi connectivity index (χ3v) is 14.0. The lowest BCUT2D eigenvalue weighted by Crippen LogP contribution is -2.33. The van der Waals surface area contributed by atoms with Gasteiger partial charge in [-0.2, -0.15) is 0 Å². The van der Waals surface area contributed by atoms with Gasteiger partial charge in [0.2, 0.25) is 0 Å². The summed E-state index contributed by atoms with van der Waals surface area (Å²) in [5.74, 6) is 0. The fourth-order valence-electron chi connectivity index (χ4n) is 11.5. The number of benzene rings is 9. The zero-order valence-corrected chi connectivity index (χ0v) is 33.5. The molecule has 0 amide bonds. The molecule has 60 heavy (non-hydrogen) atoms. The number of aromatic nitrogens is 1. The van der Waals surface area contributed by atoms with Gasteiger partial charge >= 0.3 is 0 Å². The van der Waals surface area contributed by atoms with Gasteiger partial charge in [-0.15, -0.1) is 0 Å². The molecule has 3 aliphatic rings. The Morgan fingerprint density at radius 1 is 0.383 bits per heavy atom. The summed E-state index contributed by atoms with van der Waals surface area (Å²) in [7, 11) is 0. The van der Waals surface area contributed by atoms with E-state index >= 15 is 0 Å². The molecule has 2 heteroatoms. The van der Waals surface area contributed by atoms with Crippen LogP contribution in [0, 0.1) is 0 Å². The summed E-state index contributed by atoms with van der Waals surface area (Å²) < 4.78 is 2.52. The van der Waals surface area contributed by atoms with Crippen molar-refractivity contribution in [1.29, 1.82) is 0 Å². The number of fused-ring (bicyclic) bond motifs is 15. The van der Waals surface area contributed by atoms with Gasteiger partial charge in [0.15, 0.2) is 0 Å². The number of anilines is 3. The summed E-state index contributed by atoms with van der Waals surface area (Å²) in [6, 6.07) is 77.2. The minimum atomic E-state index is -0.477. The maximum absolute atomic E-state index is 2.52. The van der Waals surface area contributed by atoms with Crippen LogP contribution >= 0.6 is 0 Å². The van der Waals surface area contributed by atoms with Crippen LogP contribution in [0.4, 0.5) is 17.1 Å². The van der Waals surface area contributed by atoms with E-state index < -0.39 is 5.41 Å². The zero-order chi connectivity index (χ0) is 39.7. The van der Waals surface area contributed by atoms with E-state index in [1.807, 2.05) is 0 Å². The summed E-state index contributed by atoms with van der Waals surface area (Å²) in [5, 5.41) is 2.59. The Bertz CT molecular complexity index is 3420. The summed E-state index contributed by atoms with van der Waals surface area (Å²) in [4.78, 5) is 2.45. The smallest absolute Gasteiger partial charge is 0.0754 e. The lowest BCUT2D eigenvalue weighted by atomic mass is 9.65. The molecule has 1 aliphatic heterocycles. The van der Waals surface area contributed by atoms with E-state index in [2.05, 4.69) is 230 Å². The Balaban J connectivity index is 1.04. The molecule has 1 spiro atoms. The van der Waals surface area contributed by atoms with Gasteiger partial charge in [-0.05, 0) is 110 Å². The first kappa shape index (κ1) is 33.5. The van der Waals surface area contributed by atoms with Gasteiger partial charge in [-0.1, -0.05) is 172 Å². The van der Waals surface area contributed by atoms with Crippen molar-refractivity contribution in [2.24, 2.45) is 0 Å². The van der Waals surface area contributed by atoms with Crippen molar-refractivity contribution in [2.75, 3.05) is 4.90 Å². The minimum Gasteiger partial charge on any atom is -0.310 e. The second-order valence-electron chi connectivity index (χ2n) is 17.2. The third-order valence-electron chi connectivity index (χ3n) is 14.0. The predicted molar refractivity (Wildman–Crippen MR) is 249 cm³/mol. The van der Waals surface area contributed by atoms with Crippen LogP contribution in [0.25, 0.3) is 60.9 Å². The highest BCUT2D eigenvalue weighted by molar-refractivity contribution is 6.13. The van der Waals surface area contributed by atoms with Crippen molar-refractivity contribution in [3.05, 3.63) is 240 Å². The molecule has 13 rings (SSSR count). The first-order chi connectivity index (χ1) is 29.5. The van der Waals surface area contributed by atoms with Crippen LogP contribution in [0.5, 0.6) is 0 Å². The van der Waals surface area contributed by atoms with Crippen LogP contribution in [-0.2, 0) is 10.8 Å². The molecule has 1 atom stereocenters. The first-order valence-corrected chi connectivity index (χ1v) is 21.1. The van der Waals surface area contributed by atoms with Gasteiger partial charge in [-0.3, -0.25) is 0 Å². The molecule has 9 aromatic carbocycles. The van der Waals surface area contributed by atoms with Gasteiger partial charge in [0.1, 0.15) is 0 Å². The fourth-order valence-corrected chi connectivity index (χ4v) is 11.5. The van der Waals surface area contributed by atoms with Crippen LogP contribution in [-0.4, -0.2) is 4.57 Å². The highest BCUT2D eigenvalue weighted by Crippen LogP contribution is 2.61. The SMILES string of the molecule is CC1(C)c2ccccc2-c2cc(N(c3ccccc3)c3ccccc3-c3ccc4c(c3)-c3ccccc3C43c4ccccc4-n4c5ccccc5c5cccc3c54)ccc21. The summed E-state index contributed by atoms with van der Waals surface area (Å²) in [6.07, 6.45) is 0. The first-order valence-electron chi connectivity index (χ1n) is 21.1. The lowest BCUT2D eigenvalue weighted by Gasteiger charge is -2.39. The Kier molecular flexibility index (Phi) is 6.74. The van der Waals surface area contributed by atoms with Gasteiger partial charge < -0.3 is 9.47 Å². The number of hydrogen-bond donors (Lipinski definition) is 0. The molecular formula is C58H40N2. The van der Waals surface area contributed by atoms with Crippen molar-refractivity contribution >= 4 is 38.9 Å². The second kappa shape index (κ2) is 12.1. The van der Waals surface area contributed by atoms with E-state index in [1.54, 1.807) is 0 Å². The standard InChI is InChI=1S/C58H40N2/c1-57(2)47-24-10-6-20-41(47)46-36-39(32-34-48(46)57)59(38-17-4-3-5-18-38)53-28-13-8-19-40(53)37-31-33-50-45(35-37)42-21-7-11-25-49(42)58(50)51-26-12-15-30-55(51)60-54-29-14-9-22-43(54)44-23-16-27-52(58)56(44)60/h3-36H,1-2H3. The van der Waals surface area contributed by atoms with E-state index in [9.17, 15) is 0 Å². The maximum atomic E-state index is 2.52. The van der Waals surface area contributed by atoms with Gasteiger partial charge in [0, 0.05) is 33.1 Å². The normalized spacial score (nSPS) is 16.0. The quantitative estimate of drug-likeness (QED) is 0.173. The van der Waals surface area contributed by atoms with Crippen LogP contribution in [0.2, 0.25) is 0 Å². The number of nitrogens with zero attached hydrogens (tertiary/aromatic N) is 2. The molecule has 1 unspecified atom stereocenters. The monoisotopic (exact) mass is 764 g/mol. The molecule has 0 N–H and O–H groups in total. The third kappa shape index (κ3) is 4.22.